The number of hydrogen-bond donors (Lipinski definition) is 3. The molecule has 42 heavy (non-hydrogen) atoms. The number of halogens is 2. The van der Waals surface area contributed by atoms with Crippen molar-refractivity contribution in [3.63, 3.8) is 0 Å². The molecule has 12 nitrogen and oxygen atoms in total. The van der Waals surface area contributed by atoms with Crippen molar-refractivity contribution in [2.45, 2.75) is 45.7 Å². The van der Waals surface area contributed by atoms with Gasteiger partial charge in [-0.1, -0.05) is 34.8 Å². The molecule has 0 spiro atoms. The van der Waals surface area contributed by atoms with Crippen molar-refractivity contribution in [1.82, 2.24) is 10.6 Å². The molecule has 1 heterocycles. The van der Waals surface area contributed by atoms with Crippen LogP contribution in [0.15, 0.2) is 45.9 Å². The number of hydroxylamine groups is 1. The Kier molecular flexibility index (Phi) is 10.8. The first-order valence-corrected chi connectivity index (χ1v) is 13.6. The topological polar surface area (TPSA) is 169 Å². The summed E-state index contributed by atoms with van der Waals surface area (Å²) in [4.78, 5) is 54.5. The van der Waals surface area contributed by atoms with Gasteiger partial charge in [-0.3, -0.25) is 19.2 Å². The Morgan fingerprint density at radius 3 is 2.38 bits per heavy atom. The molecular weight excluding hydrogens is 619 g/mol. The number of hydrogen-bond acceptors (Lipinski definition) is 8. The summed E-state index contributed by atoms with van der Waals surface area (Å²) >= 11 is 3.11. The third-order valence-corrected chi connectivity index (χ3v) is 6.75. The number of rotatable bonds is 14. The Bertz CT molecular complexity index is 1460. The highest BCUT2D eigenvalue weighted by Gasteiger charge is 2.31. The zero-order valence-corrected chi connectivity index (χ0v) is 24.9. The summed E-state index contributed by atoms with van der Waals surface area (Å²) in [6.07, 6.45) is -0.969. The number of nitrogens with zero attached hydrogens (tertiary/aromatic N) is 2. The van der Waals surface area contributed by atoms with Gasteiger partial charge >= 0.3 is 5.97 Å². The van der Waals surface area contributed by atoms with E-state index < -0.39 is 60.4 Å². The number of carboxylic acid groups (broad SMARTS) is 1. The minimum absolute atomic E-state index is 0.192. The number of carbonyl (C=O) groups is 4. The van der Waals surface area contributed by atoms with Crippen LogP contribution in [0.3, 0.4) is 0 Å². The number of amides is 2. The number of aliphatic carboxylic acids is 1. The van der Waals surface area contributed by atoms with E-state index in [1.54, 1.807) is 39.0 Å². The number of ether oxygens (including phenoxy) is 2. The van der Waals surface area contributed by atoms with Gasteiger partial charge in [-0.05, 0) is 42.3 Å². The molecular formula is C28H30BrFN4O8. The molecule has 1 aliphatic rings. The number of nitrogens with one attached hydrogen (secondary N) is 2. The third-order valence-electron chi connectivity index (χ3n) is 6.26. The molecule has 0 aromatic heterocycles. The second-order valence-electron chi connectivity index (χ2n) is 9.76. The van der Waals surface area contributed by atoms with Crippen LogP contribution >= 0.6 is 15.9 Å². The number of ketones is 1. The van der Waals surface area contributed by atoms with Crippen LogP contribution in [0.4, 0.5) is 4.39 Å². The normalized spacial score (nSPS) is 13.9. The Labute approximate surface area is 249 Å². The number of carboxylic acids is 1. The maximum absolute atomic E-state index is 14.1. The van der Waals surface area contributed by atoms with E-state index in [4.69, 9.17) is 9.47 Å². The van der Waals surface area contributed by atoms with Crippen LogP contribution in [0.1, 0.15) is 38.3 Å². The molecule has 2 atom stereocenters. The first-order chi connectivity index (χ1) is 19.8. The van der Waals surface area contributed by atoms with Crippen molar-refractivity contribution in [2.24, 2.45) is 10.9 Å². The molecule has 0 radical (unpaired) electrons. The van der Waals surface area contributed by atoms with Gasteiger partial charge in [0.25, 0.3) is 5.84 Å². The molecule has 224 valence electrons. The number of Topliss-reactive ketones (excluding diaryl/α,β-unsaturated/α-hetero) is 1. The zero-order valence-electron chi connectivity index (χ0n) is 23.3. The van der Waals surface area contributed by atoms with E-state index in [0.29, 0.717) is 31.9 Å². The lowest BCUT2D eigenvalue weighted by Gasteiger charge is -2.25. The summed E-state index contributed by atoms with van der Waals surface area (Å²) in [6.45, 7) is 4.19. The SMILES string of the molecule is COc1ccc(C2=NC(C)=[N+]2[O-])cc1CC(=O)N[C@H](C(=O)N[C@@H](CC(=O)O)C(=O)COc1ccc(Br)cc1F)C(C)C. The van der Waals surface area contributed by atoms with Crippen LogP contribution in [0.2, 0.25) is 0 Å². The lowest BCUT2D eigenvalue weighted by atomic mass is 10.0. The van der Waals surface area contributed by atoms with E-state index in [2.05, 4.69) is 31.6 Å². The molecule has 0 aliphatic carbocycles. The molecule has 14 heteroatoms. The Balaban J connectivity index is 1.69. The average Bonchev–Trinajstić information content (AvgIpc) is 2.92. The summed E-state index contributed by atoms with van der Waals surface area (Å²) in [5.74, 6) is -4.05. The van der Waals surface area contributed by atoms with Gasteiger partial charge in [0.1, 0.15) is 24.4 Å². The van der Waals surface area contributed by atoms with Crippen molar-refractivity contribution < 1.29 is 42.9 Å². The molecule has 0 saturated heterocycles. The van der Waals surface area contributed by atoms with Gasteiger partial charge in [0.15, 0.2) is 17.3 Å². The number of methoxy groups -OCH3 is 1. The maximum Gasteiger partial charge on any atom is 0.305 e. The first kappa shape index (κ1) is 32.2. The second-order valence-corrected chi connectivity index (χ2v) is 10.7. The Hall–Kier alpha value is -4.33. The van der Waals surface area contributed by atoms with Gasteiger partial charge < -0.3 is 30.4 Å². The van der Waals surface area contributed by atoms with E-state index >= 15 is 0 Å². The monoisotopic (exact) mass is 648 g/mol. The molecule has 2 aromatic rings. The smallest absolute Gasteiger partial charge is 0.305 e. The minimum Gasteiger partial charge on any atom is -0.740 e. The molecule has 0 unspecified atom stereocenters. The van der Waals surface area contributed by atoms with Crippen molar-refractivity contribution in [1.29, 1.82) is 0 Å². The summed E-state index contributed by atoms with van der Waals surface area (Å²) < 4.78 is 25.7. The van der Waals surface area contributed by atoms with Crippen LogP contribution in [0, 0.1) is 16.9 Å². The van der Waals surface area contributed by atoms with Crippen LogP contribution in [-0.4, -0.2) is 70.9 Å². The molecule has 2 aromatic carbocycles. The molecule has 0 bridgehead atoms. The number of aliphatic imine (C=N–C) groups is 1. The quantitative estimate of drug-likeness (QED) is 0.207. The number of carbonyl (C=O) groups excluding carboxylic acids is 3. The van der Waals surface area contributed by atoms with E-state index in [-0.39, 0.29) is 18.0 Å². The summed E-state index contributed by atoms with van der Waals surface area (Å²) in [5, 5.41) is 26.3. The largest absolute Gasteiger partial charge is 0.740 e. The lowest BCUT2D eigenvalue weighted by molar-refractivity contribution is -0.339. The van der Waals surface area contributed by atoms with Crippen LogP contribution in [-0.2, 0) is 25.6 Å². The fraction of sp³-hybridized carbons (Fsp3) is 0.357. The minimum atomic E-state index is -1.50. The summed E-state index contributed by atoms with van der Waals surface area (Å²) in [5.41, 5.74) is 0.921. The summed E-state index contributed by atoms with van der Waals surface area (Å²) in [7, 11) is 1.42. The van der Waals surface area contributed by atoms with E-state index in [1.807, 2.05) is 0 Å². The molecule has 3 rings (SSSR count). The van der Waals surface area contributed by atoms with Crippen molar-refractivity contribution in [3.05, 3.63) is 63.0 Å². The second kappa shape index (κ2) is 14.0. The molecule has 0 fully saturated rings. The lowest BCUT2D eigenvalue weighted by Crippen LogP contribution is -2.54. The van der Waals surface area contributed by atoms with Gasteiger partial charge in [0, 0.05) is 17.0 Å². The molecule has 0 saturated carbocycles. The van der Waals surface area contributed by atoms with Gasteiger partial charge in [-0.25, -0.2) is 9.13 Å². The fourth-order valence-corrected chi connectivity index (χ4v) is 4.38. The number of amidine groups is 2. The van der Waals surface area contributed by atoms with Crippen LogP contribution in [0.5, 0.6) is 11.5 Å². The van der Waals surface area contributed by atoms with Crippen molar-refractivity contribution in [2.75, 3.05) is 13.7 Å². The standard InChI is InChI=1S/C28H30BrFN4O8/c1-14(2)26(33-24(36)10-17-9-16(5-7-22(17)41-4)27-31-15(3)34(27)40)28(39)32-20(12-25(37)38)21(35)13-42-23-8-6-18(29)11-19(23)30/h5-9,11,14,20,26H,10,12-13H2,1-4H3,(H,32,39)(H,33,36)(H,37,38)/t20-,26-/m0/s1. The van der Waals surface area contributed by atoms with Gasteiger partial charge in [0.05, 0.1) is 25.5 Å². The van der Waals surface area contributed by atoms with E-state index in [9.17, 15) is 33.9 Å². The fourth-order valence-electron chi connectivity index (χ4n) is 4.05. The third kappa shape index (κ3) is 8.12. The molecule has 3 N–H and O–H groups in total. The molecule has 1 aliphatic heterocycles. The predicted molar refractivity (Wildman–Crippen MR) is 153 cm³/mol. The summed E-state index contributed by atoms with van der Waals surface area (Å²) in [6, 6.07) is 6.12. The highest BCUT2D eigenvalue weighted by molar-refractivity contribution is 9.10. The average molecular weight is 649 g/mol. The van der Waals surface area contributed by atoms with Gasteiger partial charge in [0.2, 0.25) is 17.6 Å². The predicted octanol–water partition coefficient (Wildman–Crippen LogP) is 2.58. The Morgan fingerprint density at radius 2 is 1.81 bits per heavy atom. The van der Waals surface area contributed by atoms with E-state index in [0.717, 1.165) is 6.07 Å². The van der Waals surface area contributed by atoms with E-state index in [1.165, 1.54) is 19.2 Å². The first-order valence-electron chi connectivity index (χ1n) is 12.8. The zero-order chi connectivity index (χ0) is 31.1. The highest BCUT2D eigenvalue weighted by atomic mass is 79.9. The van der Waals surface area contributed by atoms with Gasteiger partial charge in [-0.2, -0.15) is 0 Å². The van der Waals surface area contributed by atoms with Crippen molar-refractivity contribution in [3.8, 4) is 11.5 Å². The highest BCUT2D eigenvalue weighted by Crippen LogP contribution is 2.23. The van der Waals surface area contributed by atoms with Gasteiger partial charge in [-0.15, -0.1) is 0 Å². The van der Waals surface area contributed by atoms with Crippen LogP contribution < -0.4 is 20.1 Å². The number of benzene rings is 2. The van der Waals surface area contributed by atoms with Crippen molar-refractivity contribution >= 4 is 51.2 Å². The van der Waals surface area contributed by atoms with Crippen LogP contribution in [0.25, 0.3) is 0 Å². The molecule has 2 amide bonds. The maximum atomic E-state index is 14.1. The Morgan fingerprint density at radius 1 is 1.12 bits per heavy atom.